The lowest BCUT2D eigenvalue weighted by atomic mass is 10.1. The molecule has 2 aromatic carbocycles. The van der Waals surface area contributed by atoms with Crippen LogP contribution in [0, 0.1) is 13.8 Å². The normalized spacial score (nSPS) is 10.4. The first-order valence-corrected chi connectivity index (χ1v) is 8.58. The van der Waals surface area contributed by atoms with Gasteiger partial charge in [0.1, 0.15) is 11.5 Å². The minimum absolute atomic E-state index is 0.260. The fourth-order valence-electron chi connectivity index (χ4n) is 2.47. The van der Waals surface area contributed by atoms with E-state index in [2.05, 4.69) is 20.6 Å². The molecule has 6 heteroatoms. The summed E-state index contributed by atoms with van der Waals surface area (Å²) in [6, 6.07) is 13.6. The Morgan fingerprint density at radius 3 is 2.65 bits per heavy atom. The molecule has 26 heavy (non-hydrogen) atoms. The van der Waals surface area contributed by atoms with E-state index in [9.17, 15) is 4.79 Å². The molecule has 0 radical (unpaired) electrons. The molecule has 0 aliphatic heterocycles. The van der Waals surface area contributed by atoms with E-state index < -0.39 is 0 Å². The second kappa shape index (κ2) is 7.97. The molecular formula is C20H19ClN4O. The van der Waals surface area contributed by atoms with Crippen molar-refractivity contribution in [3.8, 4) is 0 Å². The Hall–Kier alpha value is -2.92. The zero-order chi connectivity index (χ0) is 18.5. The number of halogens is 1. The van der Waals surface area contributed by atoms with Crippen molar-refractivity contribution in [1.29, 1.82) is 0 Å². The Morgan fingerprint density at radius 2 is 1.92 bits per heavy atom. The molecule has 3 rings (SSSR count). The maximum absolute atomic E-state index is 12.2. The second-order valence-corrected chi connectivity index (χ2v) is 6.48. The lowest BCUT2D eigenvalue weighted by Crippen LogP contribution is -2.24. The quantitative estimate of drug-likeness (QED) is 0.701. The Kier molecular flexibility index (Phi) is 5.49. The average molecular weight is 367 g/mol. The van der Waals surface area contributed by atoms with E-state index in [0.29, 0.717) is 17.4 Å². The summed E-state index contributed by atoms with van der Waals surface area (Å²) >= 11 is 6.02. The van der Waals surface area contributed by atoms with Crippen LogP contribution in [0.15, 0.2) is 54.9 Å². The fourth-order valence-corrected chi connectivity index (χ4v) is 2.64. The van der Waals surface area contributed by atoms with Crippen molar-refractivity contribution < 1.29 is 4.79 Å². The third-order valence-electron chi connectivity index (χ3n) is 3.88. The Balaban J connectivity index is 1.63. The molecule has 0 saturated heterocycles. The largest absolute Gasteiger partial charge is 0.347 e. The molecule has 5 nitrogen and oxygen atoms in total. The summed E-state index contributed by atoms with van der Waals surface area (Å²) in [5.74, 6) is 0.287. The molecule has 0 atom stereocenters. The van der Waals surface area contributed by atoms with Gasteiger partial charge >= 0.3 is 0 Å². The fraction of sp³-hybridized carbons (Fsp3) is 0.150. The minimum atomic E-state index is -0.260. The molecule has 0 fully saturated rings. The Morgan fingerprint density at radius 1 is 1.08 bits per heavy atom. The van der Waals surface area contributed by atoms with Gasteiger partial charge in [0.25, 0.3) is 5.91 Å². The van der Waals surface area contributed by atoms with E-state index in [1.807, 2.05) is 56.3 Å². The number of aryl methyl sites for hydroxylation is 2. The molecule has 0 aliphatic carbocycles. The molecule has 2 N–H and O–H groups in total. The van der Waals surface area contributed by atoms with Crippen LogP contribution < -0.4 is 10.6 Å². The highest BCUT2D eigenvalue weighted by Gasteiger charge is 2.08. The van der Waals surface area contributed by atoms with Crippen LogP contribution in [0.3, 0.4) is 0 Å². The minimum Gasteiger partial charge on any atom is -0.347 e. The van der Waals surface area contributed by atoms with Crippen molar-refractivity contribution >= 4 is 29.0 Å². The van der Waals surface area contributed by atoms with Gasteiger partial charge in [-0.25, -0.2) is 9.97 Å². The van der Waals surface area contributed by atoms with E-state index >= 15 is 0 Å². The van der Waals surface area contributed by atoms with Crippen LogP contribution in [0.2, 0.25) is 5.02 Å². The number of carbonyl (C=O) groups excluding carboxylic acids is 1. The van der Waals surface area contributed by atoms with Crippen LogP contribution in [0.25, 0.3) is 0 Å². The van der Waals surface area contributed by atoms with Crippen LogP contribution in [-0.2, 0) is 6.54 Å². The SMILES string of the molecule is Cc1cccc(CNC(=O)c2cnc(Nc3cc(Cl)ccc3C)cn2)c1. The number of nitrogens with zero attached hydrogens (tertiary/aromatic N) is 2. The average Bonchev–Trinajstić information content (AvgIpc) is 2.63. The number of hydrogen-bond donors (Lipinski definition) is 2. The topological polar surface area (TPSA) is 66.9 Å². The summed E-state index contributed by atoms with van der Waals surface area (Å²) in [4.78, 5) is 20.7. The zero-order valence-electron chi connectivity index (χ0n) is 14.6. The molecule has 1 heterocycles. The molecule has 0 unspecified atom stereocenters. The second-order valence-electron chi connectivity index (χ2n) is 6.04. The summed E-state index contributed by atoms with van der Waals surface area (Å²) in [6.45, 7) is 4.44. The van der Waals surface area contributed by atoms with Crippen LogP contribution in [0.1, 0.15) is 27.2 Å². The van der Waals surface area contributed by atoms with Crippen LogP contribution in [-0.4, -0.2) is 15.9 Å². The van der Waals surface area contributed by atoms with Gasteiger partial charge < -0.3 is 10.6 Å². The van der Waals surface area contributed by atoms with E-state index in [1.165, 1.54) is 12.4 Å². The summed E-state index contributed by atoms with van der Waals surface area (Å²) in [7, 11) is 0. The zero-order valence-corrected chi connectivity index (χ0v) is 15.3. The van der Waals surface area contributed by atoms with E-state index in [4.69, 9.17) is 11.6 Å². The monoisotopic (exact) mass is 366 g/mol. The molecule has 0 bridgehead atoms. The number of rotatable bonds is 5. The van der Waals surface area contributed by atoms with Crippen molar-refractivity contribution in [3.05, 3.63) is 82.3 Å². The summed E-state index contributed by atoms with van der Waals surface area (Å²) in [5.41, 5.74) is 4.36. The standard InChI is InChI=1S/C20H19ClN4O/c1-13-4-3-5-15(8-13)10-24-20(26)18-11-23-19(12-22-18)25-17-9-16(21)7-6-14(17)2/h3-9,11-12H,10H2,1-2H3,(H,23,25)(H,24,26). The number of benzene rings is 2. The number of hydrogen-bond acceptors (Lipinski definition) is 4. The van der Waals surface area contributed by atoms with Gasteiger partial charge in [-0.2, -0.15) is 0 Å². The van der Waals surface area contributed by atoms with Crippen LogP contribution in [0.5, 0.6) is 0 Å². The van der Waals surface area contributed by atoms with Crippen molar-refractivity contribution in [3.63, 3.8) is 0 Å². The van der Waals surface area contributed by atoms with Crippen LogP contribution in [0.4, 0.5) is 11.5 Å². The summed E-state index contributed by atoms with van der Waals surface area (Å²) < 4.78 is 0. The molecule has 132 valence electrons. The molecule has 1 aromatic heterocycles. The van der Waals surface area contributed by atoms with Gasteiger partial charge in [-0.3, -0.25) is 4.79 Å². The highest BCUT2D eigenvalue weighted by atomic mass is 35.5. The predicted molar refractivity (Wildman–Crippen MR) is 104 cm³/mol. The maximum Gasteiger partial charge on any atom is 0.271 e. The molecule has 0 spiro atoms. The van der Waals surface area contributed by atoms with E-state index in [-0.39, 0.29) is 11.6 Å². The highest BCUT2D eigenvalue weighted by molar-refractivity contribution is 6.30. The molecule has 0 saturated carbocycles. The highest BCUT2D eigenvalue weighted by Crippen LogP contribution is 2.22. The van der Waals surface area contributed by atoms with E-state index in [0.717, 1.165) is 22.4 Å². The van der Waals surface area contributed by atoms with Gasteiger partial charge in [0.15, 0.2) is 0 Å². The van der Waals surface area contributed by atoms with E-state index in [1.54, 1.807) is 0 Å². The summed E-state index contributed by atoms with van der Waals surface area (Å²) in [5, 5.41) is 6.64. The Bertz CT molecular complexity index is 925. The first-order chi connectivity index (χ1) is 12.5. The summed E-state index contributed by atoms with van der Waals surface area (Å²) in [6.07, 6.45) is 2.98. The van der Waals surface area contributed by atoms with Crippen molar-refractivity contribution in [1.82, 2.24) is 15.3 Å². The first-order valence-electron chi connectivity index (χ1n) is 8.20. The molecule has 0 aliphatic rings. The number of amides is 1. The third kappa shape index (κ3) is 4.58. The Labute approximate surface area is 157 Å². The number of carbonyl (C=O) groups is 1. The van der Waals surface area contributed by atoms with Crippen molar-refractivity contribution in [2.75, 3.05) is 5.32 Å². The lowest BCUT2D eigenvalue weighted by molar-refractivity contribution is 0.0945. The number of nitrogens with one attached hydrogen (secondary N) is 2. The van der Waals surface area contributed by atoms with Gasteiger partial charge in [-0.1, -0.05) is 47.5 Å². The third-order valence-corrected chi connectivity index (χ3v) is 4.12. The van der Waals surface area contributed by atoms with Gasteiger partial charge in [0.05, 0.1) is 12.4 Å². The molecule has 3 aromatic rings. The smallest absolute Gasteiger partial charge is 0.271 e. The van der Waals surface area contributed by atoms with Gasteiger partial charge in [-0.05, 0) is 37.1 Å². The first kappa shape index (κ1) is 17.9. The van der Waals surface area contributed by atoms with Gasteiger partial charge in [0, 0.05) is 17.3 Å². The van der Waals surface area contributed by atoms with Gasteiger partial charge in [-0.15, -0.1) is 0 Å². The van der Waals surface area contributed by atoms with Gasteiger partial charge in [0.2, 0.25) is 0 Å². The maximum atomic E-state index is 12.2. The lowest BCUT2D eigenvalue weighted by Gasteiger charge is -2.09. The molecular weight excluding hydrogens is 348 g/mol. The number of anilines is 2. The van der Waals surface area contributed by atoms with Crippen molar-refractivity contribution in [2.24, 2.45) is 0 Å². The van der Waals surface area contributed by atoms with Crippen LogP contribution >= 0.6 is 11.6 Å². The number of aromatic nitrogens is 2. The molecule has 1 amide bonds. The van der Waals surface area contributed by atoms with Crippen molar-refractivity contribution in [2.45, 2.75) is 20.4 Å². The predicted octanol–water partition coefficient (Wildman–Crippen LogP) is 4.42.